The lowest BCUT2D eigenvalue weighted by molar-refractivity contribution is 0.0907. The molecule has 2 nitrogen and oxygen atoms in total. The van der Waals surface area contributed by atoms with E-state index >= 15 is 0 Å². The molecule has 18 heavy (non-hydrogen) atoms. The van der Waals surface area contributed by atoms with Crippen LogP contribution in [-0.4, -0.2) is 18.9 Å². The Morgan fingerprint density at radius 1 is 1.39 bits per heavy atom. The minimum atomic E-state index is 0.152. The van der Waals surface area contributed by atoms with Crippen molar-refractivity contribution in [3.63, 3.8) is 0 Å². The highest BCUT2D eigenvalue weighted by Crippen LogP contribution is 2.22. The predicted octanol–water partition coefficient (Wildman–Crippen LogP) is 2.92. The molecule has 1 aromatic carbocycles. The van der Waals surface area contributed by atoms with Crippen molar-refractivity contribution in [2.75, 3.05) is 13.1 Å². The van der Waals surface area contributed by atoms with Gasteiger partial charge in [-0.25, -0.2) is 0 Å². The topological polar surface area (TPSA) is 29.1 Å². The fraction of sp³-hybridized carbons (Fsp3) is 0.562. The molecule has 1 aliphatic rings. The first-order valence-electron chi connectivity index (χ1n) is 6.91. The zero-order valence-corrected chi connectivity index (χ0v) is 11.6. The van der Waals surface area contributed by atoms with Gasteiger partial charge in [-0.2, -0.15) is 0 Å². The Balaban J connectivity index is 2.15. The number of benzene rings is 1. The summed E-state index contributed by atoms with van der Waals surface area (Å²) in [4.78, 5) is 12.5. The molecule has 2 atom stereocenters. The number of rotatable bonds is 4. The number of Topliss-reactive ketones (excluding diaryl/α,β-unsaturated/α-hetero) is 1. The molecule has 0 radical (unpaired) electrons. The molecule has 2 heteroatoms. The smallest absolute Gasteiger partial charge is 0.167 e. The van der Waals surface area contributed by atoms with Gasteiger partial charge in [0, 0.05) is 18.0 Å². The van der Waals surface area contributed by atoms with Gasteiger partial charge in [-0.1, -0.05) is 39.0 Å². The monoisotopic (exact) mass is 245 g/mol. The summed E-state index contributed by atoms with van der Waals surface area (Å²) in [6, 6.07) is 8.16. The summed E-state index contributed by atoms with van der Waals surface area (Å²) in [6.07, 6.45) is 1.04. The maximum Gasteiger partial charge on any atom is 0.167 e. The molecule has 1 N–H and O–H groups in total. The van der Waals surface area contributed by atoms with Crippen LogP contribution in [0.25, 0.3) is 0 Å². The van der Waals surface area contributed by atoms with E-state index in [1.807, 2.05) is 12.1 Å². The second kappa shape index (κ2) is 5.66. The second-order valence-electron chi connectivity index (χ2n) is 5.90. The third kappa shape index (κ3) is 2.99. The van der Waals surface area contributed by atoms with Gasteiger partial charge in [0.1, 0.15) is 0 Å². The van der Waals surface area contributed by atoms with Crippen LogP contribution < -0.4 is 5.32 Å². The lowest BCUT2D eigenvalue weighted by Crippen LogP contribution is -2.21. The maximum atomic E-state index is 12.5. The highest BCUT2D eigenvalue weighted by atomic mass is 16.1. The van der Waals surface area contributed by atoms with Crippen LogP contribution in [0.5, 0.6) is 0 Å². The second-order valence-corrected chi connectivity index (χ2v) is 5.90. The standard InChI is InChI=1S/C16H23NO/c1-11(2)7-13-5-4-6-14(8-13)16(18)15-10-17-9-12(15)3/h4-6,8,11-12,15,17H,7,9-10H2,1-3H3. The molecular weight excluding hydrogens is 222 g/mol. The van der Waals surface area contributed by atoms with Crippen molar-refractivity contribution in [1.29, 1.82) is 0 Å². The van der Waals surface area contributed by atoms with Gasteiger partial charge >= 0.3 is 0 Å². The van der Waals surface area contributed by atoms with E-state index in [0.717, 1.165) is 25.1 Å². The Bertz CT molecular complexity index is 425. The molecule has 1 saturated heterocycles. The molecule has 1 aromatic rings. The Hall–Kier alpha value is -1.15. The van der Waals surface area contributed by atoms with Gasteiger partial charge in [0.25, 0.3) is 0 Å². The summed E-state index contributed by atoms with van der Waals surface area (Å²) in [7, 11) is 0. The van der Waals surface area contributed by atoms with E-state index in [1.54, 1.807) is 0 Å². The summed E-state index contributed by atoms with van der Waals surface area (Å²) in [5, 5.41) is 3.30. The van der Waals surface area contributed by atoms with E-state index < -0.39 is 0 Å². The molecule has 2 unspecified atom stereocenters. The molecule has 0 aliphatic carbocycles. The quantitative estimate of drug-likeness (QED) is 0.826. The summed E-state index contributed by atoms with van der Waals surface area (Å²) < 4.78 is 0. The van der Waals surface area contributed by atoms with Crippen molar-refractivity contribution in [3.8, 4) is 0 Å². The summed E-state index contributed by atoms with van der Waals surface area (Å²) >= 11 is 0. The minimum Gasteiger partial charge on any atom is -0.316 e. The van der Waals surface area contributed by atoms with Crippen LogP contribution in [0.15, 0.2) is 24.3 Å². The van der Waals surface area contributed by atoms with E-state index in [9.17, 15) is 4.79 Å². The average Bonchev–Trinajstić information content (AvgIpc) is 2.74. The molecule has 2 rings (SSSR count). The number of ketones is 1. The van der Waals surface area contributed by atoms with E-state index in [4.69, 9.17) is 0 Å². The molecule has 1 aliphatic heterocycles. The highest BCUT2D eigenvalue weighted by Gasteiger charge is 2.30. The van der Waals surface area contributed by atoms with Crippen molar-refractivity contribution in [2.45, 2.75) is 27.2 Å². The number of carbonyl (C=O) groups is 1. The van der Waals surface area contributed by atoms with Crippen LogP contribution in [0.2, 0.25) is 0 Å². The first kappa shape index (κ1) is 13.3. The third-order valence-corrected chi connectivity index (χ3v) is 3.71. The summed E-state index contributed by atoms with van der Waals surface area (Å²) in [5.41, 5.74) is 2.16. The lowest BCUT2D eigenvalue weighted by atomic mass is 9.88. The van der Waals surface area contributed by atoms with Gasteiger partial charge in [0.15, 0.2) is 5.78 Å². The largest absolute Gasteiger partial charge is 0.316 e. The molecule has 1 fully saturated rings. The van der Waals surface area contributed by atoms with Gasteiger partial charge in [-0.05, 0) is 36.4 Å². The molecule has 0 saturated carbocycles. The first-order chi connectivity index (χ1) is 8.58. The molecule has 1 heterocycles. The van der Waals surface area contributed by atoms with Crippen molar-refractivity contribution >= 4 is 5.78 Å². The first-order valence-corrected chi connectivity index (χ1v) is 6.91. The van der Waals surface area contributed by atoms with E-state index in [0.29, 0.717) is 17.6 Å². The molecule has 0 bridgehead atoms. The van der Waals surface area contributed by atoms with Crippen molar-refractivity contribution in [2.24, 2.45) is 17.8 Å². The van der Waals surface area contributed by atoms with Crippen molar-refractivity contribution in [3.05, 3.63) is 35.4 Å². The predicted molar refractivity (Wildman–Crippen MR) is 74.8 cm³/mol. The zero-order chi connectivity index (χ0) is 13.1. The van der Waals surface area contributed by atoms with Crippen LogP contribution in [0.4, 0.5) is 0 Å². The van der Waals surface area contributed by atoms with E-state index in [2.05, 4.69) is 38.2 Å². The summed E-state index contributed by atoms with van der Waals surface area (Å²) in [5.74, 6) is 1.53. The van der Waals surface area contributed by atoms with Crippen LogP contribution in [0, 0.1) is 17.8 Å². The van der Waals surface area contributed by atoms with Crippen LogP contribution >= 0.6 is 0 Å². The van der Waals surface area contributed by atoms with E-state index in [-0.39, 0.29) is 5.92 Å². The molecule has 0 aromatic heterocycles. The maximum absolute atomic E-state index is 12.5. The molecular formula is C16H23NO. The zero-order valence-electron chi connectivity index (χ0n) is 11.6. The van der Waals surface area contributed by atoms with Crippen LogP contribution in [0.1, 0.15) is 36.7 Å². The minimum absolute atomic E-state index is 0.152. The van der Waals surface area contributed by atoms with Crippen LogP contribution in [0.3, 0.4) is 0 Å². The number of hydrogen-bond acceptors (Lipinski definition) is 2. The van der Waals surface area contributed by atoms with Crippen molar-refractivity contribution in [1.82, 2.24) is 5.32 Å². The average molecular weight is 245 g/mol. The number of nitrogens with one attached hydrogen (secondary N) is 1. The fourth-order valence-electron chi connectivity index (χ4n) is 2.70. The molecule has 0 spiro atoms. The number of carbonyl (C=O) groups excluding carboxylic acids is 1. The lowest BCUT2D eigenvalue weighted by Gasteiger charge is -2.14. The summed E-state index contributed by atoms with van der Waals surface area (Å²) in [6.45, 7) is 8.35. The Kier molecular flexibility index (Phi) is 4.18. The third-order valence-electron chi connectivity index (χ3n) is 3.71. The van der Waals surface area contributed by atoms with E-state index in [1.165, 1.54) is 5.56 Å². The molecule has 98 valence electrons. The van der Waals surface area contributed by atoms with Gasteiger partial charge in [0.05, 0.1) is 0 Å². The highest BCUT2D eigenvalue weighted by molar-refractivity contribution is 5.98. The Morgan fingerprint density at radius 2 is 2.17 bits per heavy atom. The van der Waals surface area contributed by atoms with Gasteiger partial charge < -0.3 is 5.32 Å². The van der Waals surface area contributed by atoms with Gasteiger partial charge in [-0.15, -0.1) is 0 Å². The normalized spacial score (nSPS) is 23.6. The van der Waals surface area contributed by atoms with Crippen LogP contribution in [-0.2, 0) is 6.42 Å². The Labute approximate surface area is 110 Å². The van der Waals surface area contributed by atoms with Gasteiger partial charge in [0.2, 0.25) is 0 Å². The molecule has 0 amide bonds. The van der Waals surface area contributed by atoms with Gasteiger partial charge in [-0.3, -0.25) is 4.79 Å². The SMILES string of the molecule is CC(C)Cc1cccc(C(=O)C2CNCC2C)c1. The van der Waals surface area contributed by atoms with Crippen molar-refractivity contribution < 1.29 is 4.79 Å². The Morgan fingerprint density at radius 3 is 2.78 bits per heavy atom. The number of hydrogen-bond donors (Lipinski definition) is 1. The fourth-order valence-corrected chi connectivity index (χ4v) is 2.70.